The molecule has 0 radical (unpaired) electrons. The molecule has 0 fully saturated rings. The molecule has 6 heteroatoms. The number of halogens is 3. The van der Waals surface area contributed by atoms with Crippen molar-refractivity contribution in [2.75, 3.05) is 5.73 Å². The summed E-state index contributed by atoms with van der Waals surface area (Å²) in [6, 6.07) is 5.56. The molecular formula is C13H12BrF2N3. The molecule has 100 valence electrons. The largest absolute Gasteiger partial charge is 0.383 e. The van der Waals surface area contributed by atoms with Crippen molar-refractivity contribution in [3.05, 3.63) is 57.7 Å². The molecule has 1 heterocycles. The zero-order valence-electron chi connectivity index (χ0n) is 9.91. The Balaban J connectivity index is 2.28. The summed E-state index contributed by atoms with van der Waals surface area (Å²) >= 11 is 3.02. The van der Waals surface area contributed by atoms with Gasteiger partial charge in [-0.3, -0.25) is 0 Å². The first-order chi connectivity index (χ1) is 9.00. The third-order valence-electron chi connectivity index (χ3n) is 2.83. The highest BCUT2D eigenvalue weighted by atomic mass is 79.9. The fourth-order valence-corrected chi connectivity index (χ4v) is 2.41. The number of nitrogen functional groups attached to an aromatic ring is 1. The number of benzene rings is 1. The highest BCUT2D eigenvalue weighted by Gasteiger charge is 2.17. The smallest absolute Gasteiger partial charge is 0.173 e. The summed E-state index contributed by atoms with van der Waals surface area (Å²) in [5.74, 6) is -1.47. The summed E-state index contributed by atoms with van der Waals surface area (Å²) in [5, 5.41) is 0. The Morgan fingerprint density at radius 1 is 1.26 bits per heavy atom. The van der Waals surface area contributed by atoms with Crippen LogP contribution in [-0.2, 0) is 6.42 Å². The Morgan fingerprint density at radius 2 is 2.00 bits per heavy atom. The third kappa shape index (κ3) is 2.90. The van der Waals surface area contributed by atoms with Crippen LogP contribution in [0.5, 0.6) is 0 Å². The minimum absolute atomic E-state index is 0.0439. The molecule has 3 nitrogen and oxygen atoms in total. The Labute approximate surface area is 117 Å². The number of rotatable bonds is 3. The maximum atomic E-state index is 13.5. The fraction of sp³-hybridized carbons (Fsp3) is 0.154. The van der Waals surface area contributed by atoms with Crippen LogP contribution >= 0.6 is 15.9 Å². The van der Waals surface area contributed by atoms with Gasteiger partial charge in [0.1, 0.15) is 5.82 Å². The molecule has 0 spiro atoms. The molecule has 0 aliphatic carbocycles. The molecule has 1 atom stereocenters. The van der Waals surface area contributed by atoms with Crippen LogP contribution in [-0.4, -0.2) is 4.98 Å². The van der Waals surface area contributed by atoms with E-state index in [4.69, 9.17) is 11.5 Å². The molecular weight excluding hydrogens is 316 g/mol. The molecule has 1 unspecified atom stereocenters. The average Bonchev–Trinajstić information content (AvgIpc) is 2.39. The van der Waals surface area contributed by atoms with Crippen LogP contribution in [0, 0.1) is 11.6 Å². The van der Waals surface area contributed by atoms with Crippen LogP contribution in [0.15, 0.2) is 34.9 Å². The van der Waals surface area contributed by atoms with E-state index in [-0.39, 0.29) is 4.47 Å². The highest BCUT2D eigenvalue weighted by molar-refractivity contribution is 9.10. The maximum Gasteiger partial charge on any atom is 0.173 e. The van der Waals surface area contributed by atoms with Gasteiger partial charge >= 0.3 is 0 Å². The lowest BCUT2D eigenvalue weighted by Crippen LogP contribution is -2.16. The van der Waals surface area contributed by atoms with Crippen molar-refractivity contribution in [3.8, 4) is 0 Å². The molecule has 1 aromatic carbocycles. The van der Waals surface area contributed by atoms with Gasteiger partial charge in [0.15, 0.2) is 11.6 Å². The minimum atomic E-state index is -0.938. The Hall–Kier alpha value is -1.53. The molecule has 0 amide bonds. The molecule has 0 bridgehead atoms. The predicted octanol–water partition coefficient (Wildman–Crippen LogP) is 2.95. The van der Waals surface area contributed by atoms with E-state index in [1.165, 1.54) is 6.07 Å². The Kier molecular flexibility index (Phi) is 4.11. The standard InChI is InChI=1S/C13H12BrF2N3/c14-11-8(3-4-9(15)12(11)16)10(17)6-7-2-1-5-19-13(7)18/h1-5,10H,6,17H2,(H2,18,19). The lowest BCUT2D eigenvalue weighted by Gasteiger charge is -2.15. The summed E-state index contributed by atoms with van der Waals surface area (Å²) in [4.78, 5) is 3.96. The van der Waals surface area contributed by atoms with Crippen LogP contribution in [0.3, 0.4) is 0 Å². The zero-order chi connectivity index (χ0) is 14.0. The zero-order valence-corrected chi connectivity index (χ0v) is 11.5. The predicted molar refractivity (Wildman–Crippen MR) is 73.3 cm³/mol. The number of pyridine rings is 1. The third-order valence-corrected chi connectivity index (χ3v) is 3.64. The maximum absolute atomic E-state index is 13.5. The summed E-state index contributed by atoms with van der Waals surface area (Å²) in [6.45, 7) is 0. The van der Waals surface area contributed by atoms with Gasteiger partial charge in [0.2, 0.25) is 0 Å². The second kappa shape index (κ2) is 5.63. The number of hydrogen-bond donors (Lipinski definition) is 2. The van der Waals surface area contributed by atoms with E-state index in [0.717, 1.165) is 11.6 Å². The van der Waals surface area contributed by atoms with Crippen LogP contribution in [0.2, 0.25) is 0 Å². The van der Waals surface area contributed by atoms with Gasteiger partial charge < -0.3 is 11.5 Å². The van der Waals surface area contributed by atoms with E-state index in [9.17, 15) is 8.78 Å². The number of nitrogens with two attached hydrogens (primary N) is 2. The quantitative estimate of drug-likeness (QED) is 0.852. The molecule has 1 aromatic heterocycles. The average molecular weight is 328 g/mol. The summed E-state index contributed by atoms with van der Waals surface area (Å²) in [6.07, 6.45) is 1.97. The van der Waals surface area contributed by atoms with Gasteiger partial charge in [-0.2, -0.15) is 0 Å². The number of anilines is 1. The van der Waals surface area contributed by atoms with Gasteiger partial charge in [-0.05, 0) is 45.6 Å². The molecule has 4 N–H and O–H groups in total. The molecule has 0 saturated heterocycles. The summed E-state index contributed by atoms with van der Waals surface area (Å²) in [7, 11) is 0. The van der Waals surface area contributed by atoms with E-state index < -0.39 is 17.7 Å². The van der Waals surface area contributed by atoms with Gasteiger partial charge in [-0.1, -0.05) is 12.1 Å². The first-order valence-corrected chi connectivity index (χ1v) is 6.38. The molecule has 0 aliphatic heterocycles. The van der Waals surface area contributed by atoms with Crippen molar-refractivity contribution in [3.63, 3.8) is 0 Å². The molecule has 2 aromatic rings. The SMILES string of the molecule is Nc1ncccc1CC(N)c1ccc(F)c(F)c1Br. The van der Waals surface area contributed by atoms with Gasteiger partial charge in [0.05, 0.1) is 4.47 Å². The molecule has 2 rings (SSSR count). The highest BCUT2D eigenvalue weighted by Crippen LogP contribution is 2.29. The van der Waals surface area contributed by atoms with Crippen molar-refractivity contribution in [2.24, 2.45) is 5.73 Å². The second-order valence-electron chi connectivity index (χ2n) is 4.12. The Morgan fingerprint density at radius 3 is 2.68 bits per heavy atom. The van der Waals surface area contributed by atoms with Crippen LogP contribution in [0.25, 0.3) is 0 Å². The van der Waals surface area contributed by atoms with Crippen molar-refractivity contribution in [2.45, 2.75) is 12.5 Å². The first kappa shape index (κ1) is 13.9. The second-order valence-corrected chi connectivity index (χ2v) is 4.92. The summed E-state index contributed by atoms with van der Waals surface area (Å²) in [5.41, 5.74) is 13.0. The lowest BCUT2D eigenvalue weighted by molar-refractivity contribution is 0.500. The van der Waals surface area contributed by atoms with E-state index >= 15 is 0 Å². The number of aromatic nitrogens is 1. The molecule has 19 heavy (non-hydrogen) atoms. The van der Waals surface area contributed by atoms with Crippen molar-refractivity contribution < 1.29 is 8.78 Å². The monoisotopic (exact) mass is 327 g/mol. The molecule has 0 saturated carbocycles. The van der Waals surface area contributed by atoms with Crippen LogP contribution in [0.4, 0.5) is 14.6 Å². The number of nitrogens with zero attached hydrogens (tertiary/aromatic N) is 1. The number of hydrogen-bond acceptors (Lipinski definition) is 3. The van der Waals surface area contributed by atoms with Crippen molar-refractivity contribution in [1.82, 2.24) is 4.98 Å². The van der Waals surface area contributed by atoms with Gasteiger partial charge in [-0.15, -0.1) is 0 Å². The van der Waals surface area contributed by atoms with Gasteiger partial charge in [0.25, 0.3) is 0 Å². The summed E-state index contributed by atoms with van der Waals surface area (Å²) < 4.78 is 26.5. The first-order valence-electron chi connectivity index (χ1n) is 5.59. The van der Waals surface area contributed by atoms with Crippen LogP contribution < -0.4 is 11.5 Å². The normalized spacial score (nSPS) is 12.4. The Bertz CT molecular complexity index is 604. The van der Waals surface area contributed by atoms with Gasteiger partial charge in [-0.25, -0.2) is 13.8 Å². The topological polar surface area (TPSA) is 64.9 Å². The van der Waals surface area contributed by atoms with Crippen molar-refractivity contribution >= 4 is 21.7 Å². The van der Waals surface area contributed by atoms with Crippen molar-refractivity contribution in [1.29, 1.82) is 0 Å². The van der Waals surface area contributed by atoms with E-state index in [2.05, 4.69) is 20.9 Å². The van der Waals surface area contributed by atoms with E-state index in [1.54, 1.807) is 18.3 Å². The van der Waals surface area contributed by atoms with E-state index in [1.807, 2.05) is 0 Å². The fourth-order valence-electron chi connectivity index (χ4n) is 1.80. The van der Waals surface area contributed by atoms with E-state index in [0.29, 0.717) is 17.8 Å². The van der Waals surface area contributed by atoms with Crippen LogP contribution in [0.1, 0.15) is 17.2 Å². The lowest BCUT2D eigenvalue weighted by atomic mass is 10.00. The van der Waals surface area contributed by atoms with Gasteiger partial charge in [0, 0.05) is 12.2 Å². The molecule has 0 aliphatic rings. The minimum Gasteiger partial charge on any atom is -0.383 e.